The molecule has 0 atom stereocenters. The van der Waals surface area contributed by atoms with Crippen LogP contribution in [-0.4, -0.2) is 27.5 Å². The van der Waals surface area contributed by atoms with Crippen molar-refractivity contribution >= 4 is 17.5 Å². The summed E-state index contributed by atoms with van der Waals surface area (Å²) in [6.07, 6.45) is 1.38. The topological polar surface area (TPSA) is 124 Å². The second kappa shape index (κ2) is 6.40. The molecule has 2 rings (SSSR count). The van der Waals surface area contributed by atoms with Crippen LogP contribution in [0, 0.1) is 0 Å². The minimum absolute atomic E-state index is 0.0538. The van der Waals surface area contributed by atoms with E-state index in [1.54, 1.807) is 18.2 Å². The lowest BCUT2D eigenvalue weighted by Crippen LogP contribution is -2.06. The van der Waals surface area contributed by atoms with Gasteiger partial charge in [-0.15, -0.1) is 0 Å². The van der Waals surface area contributed by atoms with E-state index in [9.17, 15) is 4.79 Å². The van der Waals surface area contributed by atoms with E-state index in [0.29, 0.717) is 11.3 Å². The van der Waals surface area contributed by atoms with Crippen LogP contribution in [0.4, 0.5) is 11.8 Å². The fourth-order valence-electron chi connectivity index (χ4n) is 1.96. The number of carbonyl (C=O) groups is 1. The van der Waals surface area contributed by atoms with Crippen LogP contribution in [0.15, 0.2) is 24.4 Å². The molecule has 5 N–H and O–H groups in total. The molecule has 0 aliphatic heterocycles. The average molecular weight is 302 g/mol. The maximum absolute atomic E-state index is 11.6. The lowest BCUT2D eigenvalue weighted by Gasteiger charge is -2.15. The highest BCUT2D eigenvalue weighted by Crippen LogP contribution is 2.33. The van der Waals surface area contributed by atoms with Gasteiger partial charge >= 0.3 is 0 Å². The number of hydrogen-bond acceptors (Lipinski definition) is 7. The molecular weight excluding hydrogens is 284 g/mol. The molecule has 116 valence electrons. The monoisotopic (exact) mass is 302 g/mol. The summed E-state index contributed by atoms with van der Waals surface area (Å²) in [6.45, 7) is 3.44. The van der Waals surface area contributed by atoms with Crippen molar-refractivity contribution < 1.29 is 14.6 Å². The molecule has 0 unspecified atom stereocenters. The summed E-state index contributed by atoms with van der Waals surface area (Å²) in [6, 6.07) is 5.02. The number of ketones is 1. The van der Waals surface area contributed by atoms with Crippen molar-refractivity contribution in [2.24, 2.45) is 0 Å². The third kappa shape index (κ3) is 3.32. The van der Waals surface area contributed by atoms with E-state index in [1.807, 2.05) is 13.8 Å². The second-order valence-corrected chi connectivity index (χ2v) is 5.07. The van der Waals surface area contributed by atoms with E-state index in [2.05, 4.69) is 9.97 Å². The van der Waals surface area contributed by atoms with Gasteiger partial charge in [0.15, 0.2) is 17.4 Å². The molecule has 1 heterocycles. The number of ether oxygens (including phenoxy) is 1. The molecule has 0 aliphatic rings. The van der Waals surface area contributed by atoms with Crippen molar-refractivity contribution in [2.75, 3.05) is 18.1 Å². The molecule has 0 fully saturated rings. The van der Waals surface area contributed by atoms with Crippen molar-refractivity contribution in [3.05, 3.63) is 35.5 Å². The molecule has 0 aliphatic carbocycles. The summed E-state index contributed by atoms with van der Waals surface area (Å²) in [4.78, 5) is 19.3. The highest BCUT2D eigenvalue weighted by atomic mass is 16.5. The molecular formula is C15H18N4O3. The Hall–Kier alpha value is -2.67. The van der Waals surface area contributed by atoms with Crippen molar-refractivity contribution in [3.8, 4) is 11.5 Å². The fraction of sp³-hybridized carbons (Fsp3) is 0.267. The van der Waals surface area contributed by atoms with E-state index < -0.39 is 6.61 Å². The number of nitrogens with zero attached hydrogens (tertiary/aromatic N) is 2. The van der Waals surface area contributed by atoms with Gasteiger partial charge in [-0.25, -0.2) is 4.98 Å². The molecule has 0 saturated heterocycles. The van der Waals surface area contributed by atoms with Crippen LogP contribution >= 0.6 is 0 Å². The highest BCUT2D eigenvalue weighted by Gasteiger charge is 2.15. The third-order valence-electron chi connectivity index (χ3n) is 3.12. The Morgan fingerprint density at radius 1 is 1.32 bits per heavy atom. The lowest BCUT2D eigenvalue weighted by molar-refractivity contribution is 0.0903. The van der Waals surface area contributed by atoms with Gasteiger partial charge in [0.05, 0.1) is 6.20 Å². The Labute approximate surface area is 128 Å². The minimum Gasteiger partial charge on any atom is -0.452 e. The zero-order valence-electron chi connectivity index (χ0n) is 12.4. The minimum atomic E-state index is -0.562. The van der Waals surface area contributed by atoms with E-state index >= 15 is 0 Å². The third-order valence-corrected chi connectivity index (χ3v) is 3.12. The Kier molecular flexibility index (Phi) is 4.57. The van der Waals surface area contributed by atoms with Crippen LogP contribution in [-0.2, 0) is 0 Å². The molecule has 1 aromatic heterocycles. The Morgan fingerprint density at radius 3 is 2.64 bits per heavy atom. The van der Waals surface area contributed by atoms with Gasteiger partial charge < -0.3 is 21.3 Å². The van der Waals surface area contributed by atoms with E-state index in [4.69, 9.17) is 21.3 Å². The van der Waals surface area contributed by atoms with Crippen LogP contribution in [0.3, 0.4) is 0 Å². The van der Waals surface area contributed by atoms with Crippen LogP contribution in [0.25, 0.3) is 0 Å². The van der Waals surface area contributed by atoms with Crippen molar-refractivity contribution in [2.45, 2.75) is 19.8 Å². The second-order valence-electron chi connectivity index (χ2n) is 5.07. The van der Waals surface area contributed by atoms with Crippen molar-refractivity contribution in [1.82, 2.24) is 9.97 Å². The summed E-state index contributed by atoms with van der Waals surface area (Å²) < 4.78 is 5.75. The quantitative estimate of drug-likeness (QED) is 0.718. The van der Waals surface area contributed by atoms with Gasteiger partial charge in [0.1, 0.15) is 12.4 Å². The van der Waals surface area contributed by atoms with Gasteiger partial charge in [-0.1, -0.05) is 26.0 Å². The maximum atomic E-state index is 11.6. The molecule has 0 amide bonds. The molecule has 0 spiro atoms. The molecule has 0 bridgehead atoms. The van der Waals surface area contributed by atoms with Crippen molar-refractivity contribution in [3.63, 3.8) is 0 Å². The van der Waals surface area contributed by atoms with Crippen molar-refractivity contribution in [1.29, 1.82) is 0 Å². The molecule has 0 saturated carbocycles. The number of nitrogens with two attached hydrogens (primary N) is 2. The molecule has 22 heavy (non-hydrogen) atoms. The zero-order chi connectivity index (χ0) is 16.3. The number of hydrogen-bond donors (Lipinski definition) is 3. The van der Waals surface area contributed by atoms with E-state index in [0.717, 1.165) is 5.56 Å². The first-order valence-electron chi connectivity index (χ1n) is 6.76. The number of aliphatic hydroxyl groups is 1. The maximum Gasteiger partial charge on any atom is 0.222 e. The molecule has 7 nitrogen and oxygen atoms in total. The highest BCUT2D eigenvalue weighted by molar-refractivity contribution is 5.97. The van der Waals surface area contributed by atoms with Crippen LogP contribution in [0.2, 0.25) is 0 Å². The summed E-state index contributed by atoms with van der Waals surface area (Å²) in [5.74, 6) is 0.671. The number of carbonyl (C=O) groups excluding carboxylic acids is 1. The number of Topliss-reactive ketones (excluding diaryl/α,β-unsaturated/α-hetero) is 1. The number of anilines is 2. The van der Waals surface area contributed by atoms with Gasteiger partial charge in [-0.05, 0) is 17.5 Å². The van der Waals surface area contributed by atoms with Gasteiger partial charge in [-0.2, -0.15) is 4.98 Å². The molecule has 1 aromatic carbocycles. The van der Waals surface area contributed by atoms with Crippen LogP contribution in [0.5, 0.6) is 11.5 Å². The lowest BCUT2D eigenvalue weighted by atomic mass is 9.99. The van der Waals surface area contributed by atoms with Crippen LogP contribution < -0.4 is 16.2 Å². The van der Waals surface area contributed by atoms with Gasteiger partial charge in [0.25, 0.3) is 0 Å². The number of benzene rings is 1. The average Bonchev–Trinajstić information content (AvgIpc) is 2.49. The smallest absolute Gasteiger partial charge is 0.222 e. The summed E-state index contributed by atoms with van der Waals surface area (Å²) >= 11 is 0. The molecule has 0 radical (unpaired) electrons. The first-order valence-corrected chi connectivity index (χ1v) is 6.76. The number of aliphatic hydroxyl groups excluding tert-OH is 1. The predicted molar refractivity (Wildman–Crippen MR) is 82.9 cm³/mol. The predicted octanol–water partition coefficient (Wildman–Crippen LogP) is 1.73. The van der Waals surface area contributed by atoms with Crippen LogP contribution in [0.1, 0.15) is 35.7 Å². The van der Waals surface area contributed by atoms with E-state index in [-0.39, 0.29) is 29.2 Å². The standard InChI is InChI=1S/C15H18N4O3/c1-8(2)10-4-3-9(11(21)7-20)5-12(10)22-13-6-18-15(17)19-14(13)16/h3-6,8,20H,7H2,1-2H3,(H4,16,17,18,19). The fourth-order valence-corrected chi connectivity index (χ4v) is 1.96. The first-order chi connectivity index (χ1) is 10.4. The largest absolute Gasteiger partial charge is 0.452 e. The normalized spacial score (nSPS) is 10.7. The SMILES string of the molecule is CC(C)c1ccc(C(=O)CO)cc1Oc1cnc(N)nc1N. The Morgan fingerprint density at radius 2 is 2.05 bits per heavy atom. The molecule has 7 heteroatoms. The molecule has 2 aromatic rings. The zero-order valence-corrected chi connectivity index (χ0v) is 12.4. The summed E-state index contributed by atoms with van der Waals surface area (Å²) in [7, 11) is 0. The number of nitrogen functional groups attached to an aromatic ring is 2. The number of rotatable bonds is 5. The Bertz CT molecular complexity index is 701. The van der Waals surface area contributed by atoms with E-state index in [1.165, 1.54) is 6.20 Å². The van der Waals surface area contributed by atoms with Gasteiger partial charge in [0, 0.05) is 5.56 Å². The first kappa shape index (κ1) is 15.7. The summed E-state index contributed by atoms with van der Waals surface area (Å²) in [5, 5.41) is 8.98. The Balaban J connectivity index is 2.44. The summed E-state index contributed by atoms with van der Waals surface area (Å²) in [5.41, 5.74) is 12.5. The van der Waals surface area contributed by atoms with Gasteiger partial charge in [0.2, 0.25) is 5.95 Å². The number of aromatic nitrogens is 2. The van der Waals surface area contributed by atoms with Gasteiger partial charge in [-0.3, -0.25) is 4.79 Å².